The average molecular weight is 432 g/mol. The van der Waals surface area contributed by atoms with Crippen LogP contribution in [0.5, 0.6) is 0 Å². The number of rotatable bonds is 6. The minimum Gasteiger partial charge on any atom is -0.349 e. The minimum atomic E-state index is -0.891. The van der Waals surface area contributed by atoms with E-state index in [1.54, 1.807) is 18.3 Å². The van der Waals surface area contributed by atoms with E-state index in [9.17, 15) is 13.6 Å². The first-order chi connectivity index (χ1) is 15.6. The molecule has 1 aliphatic carbocycles. The third kappa shape index (κ3) is 3.98. The summed E-state index contributed by atoms with van der Waals surface area (Å²) >= 11 is 0. The lowest BCUT2D eigenvalue weighted by Gasteiger charge is -2.14. The number of hydrogen-bond donors (Lipinski definition) is 1. The summed E-state index contributed by atoms with van der Waals surface area (Å²) in [4.78, 5) is 21.7. The SMILES string of the molecule is O=C(CCc1nc2cccnc2n1Cc1ccc(F)c(F)c1)N[C@H]1CCc2ccccc21. The van der Waals surface area contributed by atoms with Crippen molar-refractivity contribution in [3.8, 4) is 0 Å². The predicted molar refractivity (Wildman–Crippen MR) is 117 cm³/mol. The molecule has 0 saturated carbocycles. The Bertz CT molecular complexity index is 1300. The fourth-order valence-electron chi connectivity index (χ4n) is 4.38. The summed E-state index contributed by atoms with van der Waals surface area (Å²) < 4.78 is 28.9. The van der Waals surface area contributed by atoms with Gasteiger partial charge in [0.15, 0.2) is 17.3 Å². The molecule has 5 nitrogen and oxygen atoms in total. The quantitative estimate of drug-likeness (QED) is 0.488. The maximum Gasteiger partial charge on any atom is 0.220 e. The van der Waals surface area contributed by atoms with Crippen LogP contribution < -0.4 is 5.32 Å². The number of fused-ring (bicyclic) bond motifs is 2. The van der Waals surface area contributed by atoms with Crippen LogP contribution in [-0.2, 0) is 24.2 Å². The zero-order valence-corrected chi connectivity index (χ0v) is 17.4. The van der Waals surface area contributed by atoms with Crippen molar-refractivity contribution in [1.82, 2.24) is 19.9 Å². The van der Waals surface area contributed by atoms with Gasteiger partial charge in [-0.3, -0.25) is 4.79 Å². The van der Waals surface area contributed by atoms with E-state index in [1.807, 2.05) is 22.8 Å². The number of carbonyl (C=O) groups is 1. The first-order valence-corrected chi connectivity index (χ1v) is 10.7. The van der Waals surface area contributed by atoms with Crippen LogP contribution in [0.4, 0.5) is 8.78 Å². The second-order valence-electron chi connectivity index (χ2n) is 8.07. The molecule has 0 bridgehead atoms. The number of nitrogens with one attached hydrogen (secondary N) is 1. The summed E-state index contributed by atoms with van der Waals surface area (Å²) in [6.45, 7) is 0.289. The van der Waals surface area contributed by atoms with Crippen molar-refractivity contribution >= 4 is 17.1 Å². The van der Waals surface area contributed by atoms with Gasteiger partial charge in [-0.1, -0.05) is 30.3 Å². The van der Waals surface area contributed by atoms with Gasteiger partial charge in [0.05, 0.1) is 12.6 Å². The van der Waals surface area contributed by atoms with E-state index in [-0.39, 0.29) is 24.9 Å². The molecule has 32 heavy (non-hydrogen) atoms. The van der Waals surface area contributed by atoms with Gasteiger partial charge >= 0.3 is 0 Å². The lowest BCUT2D eigenvalue weighted by molar-refractivity contribution is -0.121. The molecule has 162 valence electrons. The molecule has 2 heterocycles. The number of carbonyl (C=O) groups excluding carboxylic acids is 1. The third-order valence-electron chi connectivity index (χ3n) is 5.95. The Morgan fingerprint density at radius 1 is 1.09 bits per heavy atom. The number of nitrogens with zero attached hydrogens (tertiary/aromatic N) is 3. The van der Waals surface area contributed by atoms with Crippen molar-refractivity contribution in [3.63, 3.8) is 0 Å². The Hall–Kier alpha value is -3.61. The first-order valence-electron chi connectivity index (χ1n) is 10.7. The minimum absolute atomic E-state index is 0.0360. The maximum atomic E-state index is 13.7. The Morgan fingerprint density at radius 2 is 1.97 bits per heavy atom. The molecular formula is C25H22F2N4O. The molecule has 0 fully saturated rings. The number of aryl methyl sites for hydroxylation is 2. The van der Waals surface area contributed by atoms with E-state index in [2.05, 4.69) is 27.4 Å². The standard InChI is InChI=1S/C25H22F2N4O/c26-19-9-7-16(14-20(19)27)15-31-23(29-22-6-3-13-28-25(22)31)11-12-24(32)30-21-10-8-17-4-1-2-5-18(17)21/h1-7,9,13-14,21H,8,10-12,15H2,(H,30,32)/t21-/m0/s1. The van der Waals surface area contributed by atoms with Gasteiger partial charge in [0.1, 0.15) is 11.3 Å². The average Bonchev–Trinajstić information content (AvgIpc) is 3.36. The number of hydrogen-bond acceptors (Lipinski definition) is 3. The predicted octanol–water partition coefficient (Wildman–Crippen LogP) is 4.49. The van der Waals surface area contributed by atoms with Gasteiger partial charge in [0.2, 0.25) is 5.91 Å². The fraction of sp³-hybridized carbons (Fsp3) is 0.240. The maximum absolute atomic E-state index is 13.7. The van der Waals surface area contributed by atoms with E-state index in [0.717, 1.165) is 18.9 Å². The molecule has 0 saturated heterocycles. The first kappa shape index (κ1) is 20.3. The van der Waals surface area contributed by atoms with Crippen molar-refractivity contribution in [1.29, 1.82) is 0 Å². The number of halogens is 2. The van der Waals surface area contributed by atoms with Crippen LogP contribution in [0.15, 0.2) is 60.8 Å². The summed E-state index contributed by atoms with van der Waals surface area (Å²) in [5.74, 6) is -1.12. The highest BCUT2D eigenvalue weighted by atomic mass is 19.2. The van der Waals surface area contributed by atoms with Crippen LogP contribution in [0.3, 0.4) is 0 Å². The third-order valence-corrected chi connectivity index (χ3v) is 5.95. The second-order valence-corrected chi connectivity index (χ2v) is 8.07. The van der Waals surface area contributed by atoms with Crippen LogP contribution in [0, 0.1) is 11.6 Å². The van der Waals surface area contributed by atoms with Gasteiger partial charge < -0.3 is 9.88 Å². The summed E-state index contributed by atoms with van der Waals surface area (Å²) in [7, 11) is 0. The molecule has 0 radical (unpaired) electrons. The second kappa shape index (κ2) is 8.49. The number of imidazole rings is 1. The van der Waals surface area contributed by atoms with Gasteiger partial charge in [0, 0.05) is 19.0 Å². The number of benzene rings is 2. The normalized spacial score (nSPS) is 15.1. The van der Waals surface area contributed by atoms with Crippen molar-refractivity contribution < 1.29 is 13.6 Å². The molecule has 0 spiro atoms. The molecular weight excluding hydrogens is 410 g/mol. The van der Waals surface area contributed by atoms with Crippen LogP contribution in [0.25, 0.3) is 11.2 Å². The molecule has 1 amide bonds. The van der Waals surface area contributed by atoms with Gasteiger partial charge in [-0.05, 0) is 53.8 Å². The van der Waals surface area contributed by atoms with E-state index in [4.69, 9.17) is 0 Å². The van der Waals surface area contributed by atoms with Crippen LogP contribution in [0.2, 0.25) is 0 Å². The van der Waals surface area contributed by atoms with Crippen LogP contribution in [0.1, 0.15) is 41.4 Å². The zero-order chi connectivity index (χ0) is 22.1. The highest BCUT2D eigenvalue weighted by Crippen LogP contribution is 2.30. The molecule has 4 aromatic rings. The fourth-order valence-corrected chi connectivity index (χ4v) is 4.38. The lowest BCUT2D eigenvalue weighted by Crippen LogP contribution is -2.27. The molecule has 1 N–H and O–H groups in total. The van der Waals surface area contributed by atoms with Crippen molar-refractivity contribution in [2.24, 2.45) is 0 Å². The number of amides is 1. The molecule has 1 aliphatic rings. The van der Waals surface area contributed by atoms with Gasteiger partial charge in [-0.2, -0.15) is 0 Å². The summed E-state index contributed by atoms with van der Waals surface area (Å²) in [6.07, 6.45) is 4.24. The summed E-state index contributed by atoms with van der Waals surface area (Å²) in [5.41, 5.74) is 4.43. The van der Waals surface area contributed by atoms with Crippen molar-refractivity contribution in [2.45, 2.75) is 38.3 Å². The molecule has 2 aromatic carbocycles. The number of aromatic nitrogens is 3. The Balaban J connectivity index is 1.33. The molecule has 2 aromatic heterocycles. The zero-order valence-electron chi connectivity index (χ0n) is 17.4. The van der Waals surface area contributed by atoms with E-state index in [0.29, 0.717) is 29.0 Å². The molecule has 5 rings (SSSR count). The lowest BCUT2D eigenvalue weighted by atomic mass is 10.1. The van der Waals surface area contributed by atoms with Crippen LogP contribution >= 0.6 is 0 Å². The van der Waals surface area contributed by atoms with E-state index in [1.165, 1.54) is 17.2 Å². The highest BCUT2D eigenvalue weighted by Gasteiger charge is 2.23. The van der Waals surface area contributed by atoms with Gasteiger partial charge in [0.25, 0.3) is 0 Å². The van der Waals surface area contributed by atoms with E-state index >= 15 is 0 Å². The Morgan fingerprint density at radius 3 is 2.84 bits per heavy atom. The van der Waals surface area contributed by atoms with Gasteiger partial charge in [-0.15, -0.1) is 0 Å². The topological polar surface area (TPSA) is 59.8 Å². The molecule has 0 unspecified atom stereocenters. The summed E-state index contributed by atoms with van der Waals surface area (Å²) in [6, 6.07) is 15.7. The van der Waals surface area contributed by atoms with Crippen molar-refractivity contribution in [2.75, 3.05) is 0 Å². The molecule has 0 aliphatic heterocycles. The summed E-state index contributed by atoms with van der Waals surface area (Å²) in [5, 5.41) is 3.14. The Labute approximate surface area is 184 Å². The van der Waals surface area contributed by atoms with Crippen molar-refractivity contribution in [3.05, 3.63) is 94.9 Å². The smallest absolute Gasteiger partial charge is 0.220 e. The highest BCUT2D eigenvalue weighted by molar-refractivity contribution is 5.77. The van der Waals surface area contributed by atoms with E-state index < -0.39 is 11.6 Å². The Kier molecular flexibility index (Phi) is 5.39. The van der Waals surface area contributed by atoms with Gasteiger partial charge in [-0.25, -0.2) is 18.7 Å². The number of pyridine rings is 1. The molecule has 1 atom stereocenters. The van der Waals surface area contributed by atoms with Crippen LogP contribution in [-0.4, -0.2) is 20.4 Å². The monoisotopic (exact) mass is 432 g/mol. The largest absolute Gasteiger partial charge is 0.349 e. The molecule has 7 heteroatoms.